The minimum atomic E-state index is -0.193. The molecule has 130 valence electrons. The lowest BCUT2D eigenvalue weighted by Gasteiger charge is -2.20. The molecule has 1 amide bonds. The SMILES string of the molecule is Cc1ccc(C(=O)c2ccccc2C(=O)NC2CCCC2CN)cc1. The first-order valence-corrected chi connectivity index (χ1v) is 8.81. The third-order valence-electron chi connectivity index (χ3n) is 5.01. The number of hydrogen-bond donors (Lipinski definition) is 2. The van der Waals surface area contributed by atoms with Crippen molar-refractivity contribution in [3.63, 3.8) is 0 Å². The molecule has 2 unspecified atom stereocenters. The number of aryl methyl sites for hydroxylation is 1. The van der Waals surface area contributed by atoms with E-state index in [-0.39, 0.29) is 17.7 Å². The van der Waals surface area contributed by atoms with Gasteiger partial charge in [-0.25, -0.2) is 0 Å². The molecule has 3 N–H and O–H groups in total. The second-order valence-electron chi connectivity index (χ2n) is 6.75. The molecule has 1 aliphatic rings. The summed E-state index contributed by atoms with van der Waals surface area (Å²) in [6.45, 7) is 2.56. The van der Waals surface area contributed by atoms with Crippen molar-refractivity contribution in [3.8, 4) is 0 Å². The minimum absolute atomic E-state index is 0.0973. The molecule has 0 saturated heterocycles. The van der Waals surface area contributed by atoms with Crippen molar-refractivity contribution >= 4 is 11.7 Å². The van der Waals surface area contributed by atoms with Crippen molar-refractivity contribution in [1.29, 1.82) is 0 Å². The first-order chi connectivity index (χ1) is 12.1. The summed E-state index contributed by atoms with van der Waals surface area (Å²) in [6.07, 6.45) is 3.07. The smallest absolute Gasteiger partial charge is 0.252 e. The van der Waals surface area contributed by atoms with Crippen molar-refractivity contribution in [2.45, 2.75) is 32.2 Å². The summed E-state index contributed by atoms with van der Waals surface area (Å²) >= 11 is 0. The fraction of sp³-hybridized carbons (Fsp3) is 0.333. The minimum Gasteiger partial charge on any atom is -0.349 e. The molecule has 1 saturated carbocycles. The number of amides is 1. The highest BCUT2D eigenvalue weighted by molar-refractivity contribution is 6.15. The molecule has 3 rings (SSSR count). The van der Waals surface area contributed by atoms with Gasteiger partial charge in [0.25, 0.3) is 5.91 Å². The zero-order valence-electron chi connectivity index (χ0n) is 14.5. The van der Waals surface area contributed by atoms with Gasteiger partial charge in [-0.3, -0.25) is 9.59 Å². The summed E-state index contributed by atoms with van der Waals surface area (Å²) < 4.78 is 0. The maximum Gasteiger partial charge on any atom is 0.252 e. The predicted molar refractivity (Wildman–Crippen MR) is 98.7 cm³/mol. The van der Waals surface area contributed by atoms with Crippen LogP contribution in [0.2, 0.25) is 0 Å². The third-order valence-corrected chi connectivity index (χ3v) is 5.01. The summed E-state index contributed by atoms with van der Waals surface area (Å²) in [5.41, 5.74) is 8.35. The molecule has 4 heteroatoms. The molecule has 25 heavy (non-hydrogen) atoms. The molecule has 0 spiro atoms. The molecule has 2 aromatic rings. The maximum absolute atomic E-state index is 12.8. The average Bonchev–Trinajstić information content (AvgIpc) is 3.09. The molecule has 0 heterocycles. The standard InChI is InChI=1S/C21H24N2O2/c1-14-9-11-15(12-10-14)20(24)17-6-2-3-7-18(17)21(25)23-19-8-4-5-16(19)13-22/h2-3,6-7,9-12,16,19H,4-5,8,13,22H2,1H3,(H,23,25). The quantitative estimate of drug-likeness (QED) is 0.824. The van der Waals surface area contributed by atoms with E-state index in [4.69, 9.17) is 5.73 Å². The van der Waals surface area contributed by atoms with Crippen LogP contribution in [0.3, 0.4) is 0 Å². The van der Waals surface area contributed by atoms with Crippen molar-refractivity contribution in [3.05, 3.63) is 70.8 Å². The summed E-state index contributed by atoms with van der Waals surface area (Å²) in [6, 6.07) is 14.5. The Hall–Kier alpha value is -2.46. The van der Waals surface area contributed by atoms with Gasteiger partial charge in [0.2, 0.25) is 0 Å². The van der Waals surface area contributed by atoms with Gasteiger partial charge < -0.3 is 11.1 Å². The lowest BCUT2D eigenvalue weighted by molar-refractivity contribution is 0.0919. The first-order valence-electron chi connectivity index (χ1n) is 8.81. The van der Waals surface area contributed by atoms with Gasteiger partial charge in [0.05, 0.1) is 5.56 Å². The van der Waals surface area contributed by atoms with Crippen LogP contribution in [0.5, 0.6) is 0 Å². The zero-order chi connectivity index (χ0) is 17.8. The number of nitrogens with one attached hydrogen (secondary N) is 1. The highest BCUT2D eigenvalue weighted by atomic mass is 16.2. The zero-order valence-corrected chi connectivity index (χ0v) is 14.5. The first kappa shape index (κ1) is 17.4. The van der Waals surface area contributed by atoms with Gasteiger partial charge in [0.15, 0.2) is 5.78 Å². The summed E-state index contributed by atoms with van der Waals surface area (Å²) in [7, 11) is 0. The number of ketones is 1. The number of nitrogens with two attached hydrogens (primary N) is 1. The molecule has 2 atom stereocenters. The molecule has 2 aromatic carbocycles. The second kappa shape index (κ2) is 7.62. The van der Waals surface area contributed by atoms with Crippen LogP contribution in [0.15, 0.2) is 48.5 Å². The largest absolute Gasteiger partial charge is 0.349 e. The third kappa shape index (κ3) is 3.80. The van der Waals surface area contributed by atoms with Crippen molar-refractivity contribution in [2.75, 3.05) is 6.54 Å². The Morgan fingerprint density at radius 2 is 1.72 bits per heavy atom. The Kier molecular flexibility index (Phi) is 5.29. The van der Waals surface area contributed by atoms with Gasteiger partial charge in [0.1, 0.15) is 0 Å². The van der Waals surface area contributed by atoms with E-state index in [1.807, 2.05) is 19.1 Å². The van der Waals surface area contributed by atoms with Gasteiger partial charge in [-0.1, -0.05) is 54.4 Å². The average molecular weight is 336 g/mol. The van der Waals surface area contributed by atoms with Crippen LogP contribution >= 0.6 is 0 Å². The lowest BCUT2D eigenvalue weighted by Crippen LogP contribution is -2.40. The molecule has 1 aliphatic carbocycles. The van der Waals surface area contributed by atoms with E-state index in [0.717, 1.165) is 24.8 Å². The number of carbonyl (C=O) groups excluding carboxylic acids is 2. The molecule has 1 fully saturated rings. The van der Waals surface area contributed by atoms with E-state index in [0.29, 0.717) is 29.2 Å². The van der Waals surface area contributed by atoms with Crippen LogP contribution in [0.4, 0.5) is 0 Å². The Labute approximate surface area is 148 Å². The molecule has 0 aliphatic heterocycles. The maximum atomic E-state index is 12.8. The van der Waals surface area contributed by atoms with Crippen LogP contribution in [0.25, 0.3) is 0 Å². The van der Waals surface area contributed by atoms with E-state index in [1.54, 1.807) is 36.4 Å². The van der Waals surface area contributed by atoms with E-state index in [9.17, 15) is 9.59 Å². The van der Waals surface area contributed by atoms with Gasteiger partial charge in [-0.05, 0) is 38.3 Å². The normalized spacial score (nSPS) is 19.6. The van der Waals surface area contributed by atoms with Crippen LogP contribution in [-0.2, 0) is 0 Å². The Morgan fingerprint density at radius 1 is 1.04 bits per heavy atom. The Balaban J connectivity index is 1.84. The summed E-state index contributed by atoms with van der Waals surface area (Å²) in [4.78, 5) is 25.6. The fourth-order valence-corrected chi connectivity index (χ4v) is 3.49. The molecule has 4 nitrogen and oxygen atoms in total. The predicted octanol–water partition coefficient (Wildman–Crippen LogP) is 3.08. The van der Waals surface area contributed by atoms with Crippen molar-refractivity contribution < 1.29 is 9.59 Å². The van der Waals surface area contributed by atoms with Crippen molar-refractivity contribution in [1.82, 2.24) is 5.32 Å². The molecule has 0 bridgehead atoms. The lowest BCUT2D eigenvalue weighted by atomic mass is 9.96. The highest BCUT2D eigenvalue weighted by Gasteiger charge is 2.28. The van der Waals surface area contributed by atoms with Crippen LogP contribution in [0.1, 0.15) is 51.1 Å². The molecular weight excluding hydrogens is 312 g/mol. The van der Waals surface area contributed by atoms with Gasteiger partial charge >= 0.3 is 0 Å². The number of carbonyl (C=O) groups is 2. The number of rotatable bonds is 5. The van der Waals surface area contributed by atoms with Crippen LogP contribution < -0.4 is 11.1 Å². The fourth-order valence-electron chi connectivity index (χ4n) is 3.49. The van der Waals surface area contributed by atoms with E-state index < -0.39 is 0 Å². The van der Waals surface area contributed by atoms with Gasteiger partial charge in [-0.15, -0.1) is 0 Å². The van der Waals surface area contributed by atoms with Crippen LogP contribution in [0, 0.1) is 12.8 Å². The number of hydrogen-bond acceptors (Lipinski definition) is 3. The van der Waals surface area contributed by atoms with E-state index >= 15 is 0 Å². The van der Waals surface area contributed by atoms with Gasteiger partial charge in [-0.2, -0.15) is 0 Å². The second-order valence-corrected chi connectivity index (χ2v) is 6.75. The molecule has 0 aromatic heterocycles. The Bertz CT molecular complexity index is 768. The Morgan fingerprint density at radius 3 is 2.40 bits per heavy atom. The van der Waals surface area contributed by atoms with Gasteiger partial charge in [0, 0.05) is 17.2 Å². The summed E-state index contributed by atoms with van der Waals surface area (Å²) in [5, 5.41) is 3.08. The van der Waals surface area contributed by atoms with E-state index in [2.05, 4.69) is 5.32 Å². The number of benzene rings is 2. The highest BCUT2D eigenvalue weighted by Crippen LogP contribution is 2.25. The van der Waals surface area contributed by atoms with Crippen LogP contribution in [-0.4, -0.2) is 24.3 Å². The molecular formula is C21H24N2O2. The summed E-state index contributed by atoms with van der Waals surface area (Å²) in [5.74, 6) is -0.00197. The monoisotopic (exact) mass is 336 g/mol. The topological polar surface area (TPSA) is 72.2 Å². The van der Waals surface area contributed by atoms with E-state index in [1.165, 1.54) is 0 Å². The van der Waals surface area contributed by atoms with Crippen molar-refractivity contribution in [2.24, 2.45) is 11.7 Å². The molecule has 0 radical (unpaired) electrons.